The highest BCUT2D eigenvalue weighted by atomic mass is 35.5. The van der Waals surface area contributed by atoms with Gasteiger partial charge in [0.2, 0.25) is 0 Å². The second-order valence-corrected chi connectivity index (χ2v) is 7.12. The number of piperidine rings is 1. The van der Waals surface area contributed by atoms with E-state index in [0.717, 1.165) is 17.8 Å². The number of pyridine rings is 1. The Kier molecular flexibility index (Phi) is 5.23. The van der Waals surface area contributed by atoms with E-state index in [1.807, 2.05) is 36.3 Å². The van der Waals surface area contributed by atoms with E-state index in [-0.39, 0.29) is 12.4 Å². The van der Waals surface area contributed by atoms with Gasteiger partial charge in [-0.1, -0.05) is 0 Å². The summed E-state index contributed by atoms with van der Waals surface area (Å²) in [5.74, 6) is 0. The molecule has 0 aromatic carbocycles. The summed E-state index contributed by atoms with van der Waals surface area (Å²) >= 11 is 0. The lowest BCUT2D eigenvalue weighted by Crippen LogP contribution is -2.38. The van der Waals surface area contributed by atoms with Crippen LogP contribution in [0.4, 0.5) is 0 Å². The number of rotatable bonds is 3. The molecule has 4 rings (SSSR count). The molecular formula is C18H26ClN5. The Morgan fingerprint density at radius 2 is 1.92 bits per heavy atom. The van der Waals surface area contributed by atoms with Gasteiger partial charge < -0.3 is 5.32 Å². The third-order valence-corrected chi connectivity index (χ3v) is 5.43. The van der Waals surface area contributed by atoms with E-state index in [0.29, 0.717) is 5.41 Å². The zero-order valence-electron chi connectivity index (χ0n) is 14.2. The lowest BCUT2D eigenvalue weighted by molar-refractivity contribution is 0.194. The fraction of sp³-hybridized carbons (Fsp3) is 0.556. The quantitative estimate of drug-likeness (QED) is 0.926. The standard InChI is InChI=1S/C18H25N5.ClH/c1-22-12-16(17(21-22)15-2-7-19-8-3-15)13-23-11-6-18(14-23)4-9-20-10-5-18;/h2-3,7-8,12,20H,4-6,9-11,13-14H2,1H3;1H. The minimum Gasteiger partial charge on any atom is -0.317 e. The molecule has 2 aromatic rings. The Labute approximate surface area is 149 Å². The predicted molar refractivity (Wildman–Crippen MR) is 98.1 cm³/mol. The maximum atomic E-state index is 4.68. The number of likely N-dealkylation sites (tertiary alicyclic amines) is 1. The molecule has 0 bridgehead atoms. The molecule has 130 valence electrons. The third-order valence-electron chi connectivity index (χ3n) is 5.43. The van der Waals surface area contributed by atoms with Gasteiger partial charge in [-0.25, -0.2) is 0 Å². The lowest BCUT2D eigenvalue weighted by Gasteiger charge is -2.33. The first kappa shape index (κ1) is 17.4. The van der Waals surface area contributed by atoms with Crippen molar-refractivity contribution >= 4 is 12.4 Å². The first-order valence-corrected chi connectivity index (χ1v) is 8.60. The molecule has 2 aliphatic heterocycles. The molecule has 0 radical (unpaired) electrons. The molecule has 0 aliphatic carbocycles. The van der Waals surface area contributed by atoms with Crippen LogP contribution in [0.3, 0.4) is 0 Å². The molecule has 2 saturated heterocycles. The van der Waals surface area contributed by atoms with Gasteiger partial charge in [0, 0.05) is 49.9 Å². The van der Waals surface area contributed by atoms with Crippen LogP contribution in [0.25, 0.3) is 11.3 Å². The highest BCUT2D eigenvalue weighted by Crippen LogP contribution is 2.39. The molecule has 1 spiro atoms. The van der Waals surface area contributed by atoms with Gasteiger partial charge in [0.1, 0.15) is 0 Å². The first-order chi connectivity index (χ1) is 11.2. The van der Waals surface area contributed by atoms with Gasteiger partial charge in [-0.15, -0.1) is 12.4 Å². The molecule has 4 heterocycles. The largest absolute Gasteiger partial charge is 0.317 e. The van der Waals surface area contributed by atoms with E-state index in [9.17, 15) is 0 Å². The zero-order chi connectivity index (χ0) is 15.7. The summed E-state index contributed by atoms with van der Waals surface area (Å²) in [7, 11) is 2.01. The number of halogens is 1. The average Bonchev–Trinajstić information content (AvgIpc) is 3.13. The van der Waals surface area contributed by atoms with Crippen molar-refractivity contribution in [3.8, 4) is 11.3 Å². The first-order valence-electron chi connectivity index (χ1n) is 8.60. The van der Waals surface area contributed by atoms with Crippen LogP contribution in [-0.2, 0) is 13.6 Å². The van der Waals surface area contributed by atoms with Gasteiger partial charge in [-0.3, -0.25) is 14.6 Å². The molecule has 0 atom stereocenters. The van der Waals surface area contributed by atoms with Crippen molar-refractivity contribution in [2.75, 3.05) is 26.2 Å². The number of nitrogens with zero attached hydrogens (tertiary/aromatic N) is 4. The van der Waals surface area contributed by atoms with Crippen molar-refractivity contribution in [1.29, 1.82) is 0 Å². The van der Waals surface area contributed by atoms with Crippen LogP contribution < -0.4 is 5.32 Å². The smallest absolute Gasteiger partial charge is 0.0969 e. The van der Waals surface area contributed by atoms with Crippen LogP contribution in [0, 0.1) is 5.41 Å². The Morgan fingerprint density at radius 3 is 2.67 bits per heavy atom. The average molecular weight is 348 g/mol. The molecule has 2 fully saturated rings. The van der Waals surface area contributed by atoms with Crippen molar-refractivity contribution in [3.05, 3.63) is 36.3 Å². The summed E-state index contributed by atoms with van der Waals surface area (Å²) in [6, 6.07) is 4.09. The van der Waals surface area contributed by atoms with Gasteiger partial charge in [0.25, 0.3) is 0 Å². The summed E-state index contributed by atoms with van der Waals surface area (Å²) in [5, 5.41) is 8.18. The van der Waals surface area contributed by atoms with Crippen LogP contribution in [-0.4, -0.2) is 45.8 Å². The van der Waals surface area contributed by atoms with Crippen LogP contribution in [0.1, 0.15) is 24.8 Å². The summed E-state index contributed by atoms with van der Waals surface area (Å²) in [6.07, 6.45) is 9.85. The maximum absolute atomic E-state index is 4.68. The van der Waals surface area contributed by atoms with Gasteiger partial charge in [-0.05, 0) is 56.4 Å². The summed E-state index contributed by atoms with van der Waals surface area (Å²) in [6.45, 7) is 5.82. The molecule has 0 unspecified atom stereocenters. The minimum absolute atomic E-state index is 0. The molecule has 2 aliphatic rings. The zero-order valence-corrected chi connectivity index (χ0v) is 15.1. The van der Waals surface area contributed by atoms with Crippen LogP contribution >= 0.6 is 12.4 Å². The Hall–Kier alpha value is -1.43. The van der Waals surface area contributed by atoms with Gasteiger partial charge in [-0.2, -0.15) is 5.10 Å². The van der Waals surface area contributed by atoms with E-state index in [1.54, 1.807) is 0 Å². The molecule has 0 saturated carbocycles. The maximum Gasteiger partial charge on any atom is 0.0969 e. The van der Waals surface area contributed by atoms with Gasteiger partial charge >= 0.3 is 0 Å². The van der Waals surface area contributed by atoms with E-state index < -0.39 is 0 Å². The number of hydrogen-bond donors (Lipinski definition) is 1. The molecule has 0 amide bonds. The summed E-state index contributed by atoms with van der Waals surface area (Å²) in [5.41, 5.74) is 4.14. The van der Waals surface area contributed by atoms with Gasteiger partial charge in [0.15, 0.2) is 0 Å². The predicted octanol–water partition coefficient (Wildman–Crippen LogP) is 2.48. The molecule has 5 nitrogen and oxygen atoms in total. The Morgan fingerprint density at radius 1 is 1.17 bits per heavy atom. The molecule has 2 aromatic heterocycles. The van der Waals surface area contributed by atoms with Gasteiger partial charge in [0.05, 0.1) is 5.69 Å². The fourth-order valence-corrected chi connectivity index (χ4v) is 4.17. The second kappa shape index (κ2) is 7.21. The number of aromatic nitrogens is 3. The van der Waals surface area contributed by atoms with Crippen LogP contribution in [0.15, 0.2) is 30.7 Å². The number of nitrogens with one attached hydrogen (secondary N) is 1. The van der Waals surface area contributed by atoms with Crippen molar-refractivity contribution in [2.45, 2.75) is 25.8 Å². The lowest BCUT2D eigenvalue weighted by atomic mass is 9.78. The minimum atomic E-state index is 0. The Balaban J connectivity index is 0.00000169. The number of aryl methyl sites for hydroxylation is 1. The van der Waals surface area contributed by atoms with E-state index in [2.05, 4.69) is 26.5 Å². The third kappa shape index (κ3) is 3.48. The molecular weight excluding hydrogens is 322 g/mol. The monoisotopic (exact) mass is 347 g/mol. The molecule has 24 heavy (non-hydrogen) atoms. The van der Waals surface area contributed by atoms with E-state index >= 15 is 0 Å². The summed E-state index contributed by atoms with van der Waals surface area (Å²) < 4.78 is 1.93. The van der Waals surface area contributed by atoms with Crippen LogP contribution in [0.2, 0.25) is 0 Å². The van der Waals surface area contributed by atoms with Crippen molar-refractivity contribution < 1.29 is 0 Å². The van der Waals surface area contributed by atoms with E-state index in [1.165, 1.54) is 51.0 Å². The Bertz CT molecular complexity index is 663. The van der Waals surface area contributed by atoms with Crippen molar-refractivity contribution in [3.63, 3.8) is 0 Å². The highest BCUT2D eigenvalue weighted by Gasteiger charge is 2.38. The molecule has 1 N–H and O–H groups in total. The highest BCUT2D eigenvalue weighted by molar-refractivity contribution is 5.85. The second-order valence-electron chi connectivity index (χ2n) is 7.12. The van der Waals surface area contributed by atoms with Crippen molar-refractivity contribution in [1.82, 2.24) is 25.0 Å². The number of hydrogen-bond acceptors (Lipinski definition) is 4. The summed E-state index contributed by atoms with van der Waals surface area (Å²) in [4.78, 5) is 6.73. The fourth-order valence-electron chi connectivity index (χ4n) is 4.17. The van der Waals surface area contributed by atoms with Crippen molar-refractivity contribution in [2.24, 2.45) is 12.5 Å². The normalized spacial score (nSPS) is 20.2. The van der Waals surface area contributed by atoms with Crippen LogP contribution in [0.5, 0.6) is 0 Å². The molecule has 6 heteroatoms. The SMILES string of the molecule is Cl.Cn1cc(CN2CCC3(CCNCC3)C2)c(-c2ccncc2)n1. The van der Waals surface area contributed by atoms with E-state index in [4.69, 9.17) is 0 Å². The topological polar surface area (TPSA) is 46.0 Å².